The van der Waals surface area contributed by atoms with E-state index in [2.05, 4.69) is 0 Å². The highest BCUT2D eigenvalue weighted by atomic mass is 32.2. The number of rotatable bonds is 4. The Hall–Kier alpha value is -2.22. The summed E-state index contributed by atoms with van der Waals surface area (Å²) in [6.45, 7) is 1.76. The minimum atomic E-state index is -4.54. The number of carbonyl (C=O) groups is 1. The van der Waals surface area contributed by atoms with Gasteiger partial charge in [0.1, 0.15) is 4.90 Å². The molecular formula is C17H20NO5S+. The third-order valence-electron chi connectivity index (χ3n) is 3.52. The molecule has 7 heteroatoms. The first-order chi connectivity index (χ1) is 11.0. The Bertz CT molecular complexity index is 882. The molecule has 0 bridgehead atoms. The van der Waals surface area contributed by atoms with Gasteiger partial charge in [-0.2, -0.15) is 8.42 Å². The van der Waals surface area contributed by atoms with Crippen LogP contribution in [0.4, 0.5) is 5.69 Å². The zero-order valence-corrected chi connectivity index (χ0v) is 14.8. The van der Waals surface area contributed by atoms with E-state index in [9.17, 15) is 17.8 Å². The lowest BCUT2D eigenvalue weighted by molar-refractivity contribution is 0.0728. The average molecular weight is 350 g/mol. The molecule has 0 aliphatic carbocycles. The Kier molecular flexibility index (Phi) is 4.80. The van der Waals surface area contributed by atoms with Crippen molar-refractivity contribution in [3.05, 3.63) is 53.6 Å². The van der Waals surface area contributed by atoms with Gasteiger partial charge < -0.3 is 4.74 Å². The molecule has 0 amide bonds. The molecular weight excluding hydrogens is 330 g/mol. The topological polar surface area (TPSA) is 80.7 Å². The lowest BCUT2D eigenvalue weighted by atomic mass is 10.1. The zero-order valence-electron chi connectivity index (χ0n) is 14.0. The molecule has 0 saturated carbocycles. The first-order valence-corrected chi connectivity index (χ1v) is 8.66. The van der Waals surface area contributed by atoms with Gasteiger partial charge in [-0.15, -0.1) is 0 Å². The van der Waals surface area contributed by atoms with Crippen LogP contribution in [0.15, 0.2) is 47.4 Å². The monoisotopic (exact) mass is 350 g/mol. The summed E-state index contributed by atoms with van der Waals surface area (Å²) >= 11 is 0. The van der Waals surface area contributed by atoms with Crippen LogP contribution in [0, 0.1) is 6.92 Å². The quantitative estimate of drug-likeness (QED) is 0.397. The third-order valence-corrected chi connectivity index (χ3v) is 4.40. The smallest absolute Gasteiger partial charge is 0.344 e. The number of esters is 1. The predicted molar refractivity (Wildman–Crippen MR) is 92.0 cm³/mol. The average Bonchev–Trinajstić information content (AvgIpc) is 2.45. The van der Waals surface area contributed by atoms with Crippen LogP contribution < -0.4 is 9.22 Å². The first kappa shape index (κ1) is 18.1. The van der Waals surface area contributed by atoms with Crippen molar-refractivity contribution in [3.8, 4) is 5.75 Å². The highest BCUT2D eigenvalue weighted by Crippen LogP contribution is 2.37. The number of nitrogens with zero attached hydrogens (tertiary/aromatic N) is 1. The Balaban J connectivity index is 2.60. The molecule has 24 heavy (non-hydrogen) atoms. The van der Waals surface area contributed by atoms with Crippen molar-refractivity contribution >= 4 is 21.8 Å². The van der Waals surface area contributed by atoms with Crippen LogP contribution in [0.3, 0.4) is 0 Å². The summed E-state index contributed by atoms with van der Waals surface area (Å²) in [6, 6.07) is 11.2. The van der Waals surface area contributed by atoms with Gasteiger partial charge in [0.05, 0.1) is 26.7 Å². The lowest BCUT2D eigenvalue weighted by Crippen LogP contribution is -2.35. The van der Waals surface area contributed by atoms with E-state index in [-0.39, 0.29) is 10.2 Å². The fourth-order valence-corrected chi connectivity index (χ4v) is 2.92. The highest BCUT2D eigenvalue weighted by molar-refractivity contribution is 7.86. The van der Waals surface area contributed by atoms with Crippen molar-refractivity contribution in [2.24, 2.45) is 0 Å². The molecule has 6 nitrogen and oxygen atoms in total. The molecule has 0 heterocycles. The number of carbonyl (C=O) groups excluding carboxylic acids is 1. The highest BCUT2D eigenvalue weighted by Gasteiger charge is 2.29. The van der Waals surface area contributed by atoms with Gasteiger partial charge >= 0.3 is 5.97 Å². The summed E-state index contributed by atoms with van der Waals surface area (Å²) in [5, 5.41) is 0. The lowest BCUT2D eigenvalue weighted by Gasteiger charge is -2.26. The van der Waals surface area contributed by atoms with Crippen molar-refractivity contribution < 1.29 is 22.5 Å². The van der Waals surface area contributed by atoms with Gasteiger partial charge in [-0.05, 0) is 24.6 Å². The summed E-state index contributed by atoms with van der Waals surface area (Å²) in [6.07, 6.45) is 0. The second-order valence-corrected chi connectivity index (χ2v) is 7.69. The Morgan fingerprint density at radius 3 is 2.21 bits per heavy atom. The van der Waals surface area contributed by atoms with Crippen LogP contribution in [0.2, 0.25) is 0 Å². The van der Waals surface area contributed by atoms with E-state index in [1.807, 2.05) is 0 Å². The van der Waals surface area contributed by atoms with Gasteiger partial charge in [0.2, 0.25) is 5.75 Å². The van der Waals surface area contributed by atoms with Crippen molar-refractivity contribution in [1.82, 2.24) is 4.48 Å². The number of ether oxygens (including phenoxy) is 1. The molecule has 1 N–H and O–H groups in total. The first-order valence-electron chi connectivity index (χ1n) is 7.22. The van der Waals surface area contributed by atoms with E-state index in [1.54, 1.807) is 58.4 Å². The Morgan fingerprint density at radius 2 is 1.67 bits per heavy atom. The molecule has 128 valence electrons. The van der Waals surface area contributed by atoms with Crippen LogP contribution in [0.25, 0.3) is 0 Å². The second kappa shape index (κ2) is 6.35. The van der Waals surface area contributed by atoms with E-state index >= 15 is 0 Å². The molecule has 0 atom stereocenters. The number of benzene rings is 2. The van der Waals surface area contributed by atoms with E-state index in [0.717, 1.165) is 0 Å². The van der Waals surface area contributed by atoms with Crippen LogP contribution in [-0.4, -0.2) is 40.1 Å². The molecule has 0 aromatic heterocycles. The van der Waals surface area contributed by atoms with E-state index < -0.39 is 21.0 Å². The van der Waals surface area contributed by atoms with Crippen molar-refractivity contribution in [1.29, 1.82) is 0 Å². The van der Waals surface area contributed by atoms with Gasteiger partial charge in [-0.25, -0.2) is 4.79 Å². The summed E-state index contributed by atoms with van der Waals surface area (Å²) in [5.41, 5.74) is 1.49. The normalized spacial score (nSPS) is 12.0. The minimum Gasteiger partial charge on any atom is -0.415 e. The second-order valence-electron chi connectivity index (χ2n) is 6.30. The van der Waals surface area contributed by atoms with Crippen molar-refractivity contribution in [3.63, 3.8) is 0 Å². The predicted octanol–water partition coefficient (Wildman–Crippen LogP) is 2.66. The maximum Gasteiger partial charge on any atom is 0.344 e. The zero-order chi connectivity index (χ0) is 18.1. The maximum atomic E-state index is 12.5. The molecule has 0 spiro atoms. The standard InChI is InChI=1S/C17H19NO5S/c1-12-8-5-6-9-13(12)17(19)23-16-14(18(2,3)4)10-7-11-15(16)24(20,21)22/h5-11H,1-4H3/p+1. The van der Waals surface area contributed by atoms with Gasteiger partial charge in [0.25, 0.3) is 10.1 Å². The summed E-state index contributed by atoms with van der Waals surface area (Å²) < 4.78 is 38.4. The van der Waals surface area contributed by atoms with Gasteiger partial charge in [0, 0.05) is 6.07 Å². The number of aryl methyl sites for hydroxylation is 1. The number of hydrogen-bond acceptors (Lipinski definition) is 4. The third kappa shape index (κ3) is 3.81. The van der Waals surface area contributed by atoms with Crippen molar-refractivity contribution in [2.45, 2.75) is 11.8 Å². The molecule has 0 aliphatic rings. The molecule has 2 rings (SSSR count). The Labute approximate surface area is 141 Å². The van der Waals surface area contributed by atoms with E-state index in [4.69, 9.17) is 4.74 Å². The molecule has 0 unspecified atom stereocenters. The molecule has 0 aliphatic heterocycles. The summed E-state index contributed by atoms with van der Waals surface area (Å²) in [5.74, 6) is -0.848. The molecule has 0 radical (unpaired) electrons. The molecule has 2 aromatic rings. The van der Waals surface area contributed by atoms with Crippen molar-refractivity contribution in [2.75, 3.05) is 21.1 Å². The van der Waals surface area contributed by atoms with Gasteiger partial charge in [-0.3, -0.25) is 9.04 Å². The maximum absolute atomic E-state index is 12.5. The summed E-state index contributed by atoms with van der Waals surface area (Å²) in [7, 11) is 0.858. The minimum absolute atomic E-state index is 0.166. The van der Waals surface area contributed by atoms with E-state index in [0.29, 0.717) is 16.8 Å². The Morgan fingerprint density at radius 1 is 1.04 bits per heavy atom. The summed E-state index contributed by atoms with van der Waals surface area (Å²) in [4.78, 5) is 12.1. The largest absolute Gasteiger partial charge is 0.415 e. The van der Waals surface area contributed by atoms with Crippen LogP contribution in [0.1, 0.15) is 15.9 Å². The van der Waals surface area contributed by atoms with Gasteiger partial charge in [0.15, 0.2) is 5.69 Å². The fraction of sp³-hybridized carbons (Fsp3) is 0.235. The van der Waals surface area contributed by atoms with Crippen LogP contribution in [0.5, 0.6) is 5.75 Å². The van der Waals surface area contributed by atoms with Crippen LogP contribution in [-0.2, 0) is 10.1 Å². The number of para-hydroxylation sites is 1. The molecule has 2 aromatic carbocycles. The SMILES string of the molecule is Cc1ccccc1C(=O)Oc1c([N+](C)(C)C)cccc1S(=O)(=O)O. The van der Waals surface area contributed by atoms with Gasteiger partial charge in [-0.1, -0.05) is 24.3 Å². The fourth-order valence-electron chi connectivity index (χ4n) is 2.29. The molecule has 0 fully saturated rings. The molecule has 0 saturated heterocycles. The number of hydrogen-bond donors (Lipinski definition) is 1. The van der Waals surface area contributed by atoms with E-state index in [1.165, 1.54) is 12.1 Å². The number of quaternary nitrogens is 1. The van der Waals surface area contributed by atoms with Crippen LogP contribution >= 0.6 is 0 Å².